The standard InChI is InChI=1S/C20H22N2O3S2/c1-14-9-11-16(12-10-14)27(23,24)25-18-8-6-5-7-17(18)22-15(2)13-20(3,4)21-19(22)26/h5-13H,1-4H3,(H,21,26). The first kappa shape index (κ1) is 19.4. The number of nitrogens with zero attached hydrogens (tertiary/aromatic N) is 1. The Balaban J connectivity index is 2.00. The van der Waals surface area contributed by atoms with Gasteiger partial charge in [0.15, 0.2) is 10.9 Å². The van der Waals surface area contributed by atoms with Crippen molar-refractivity contribution in [2.45, 2.75) is 38.1 Å². The first-order valence-electron chi connectivity index (χ1n) is 8.51. The maximum Gasteiger partial charge on any atom is 0.339 e. The van der Waals surface area contributed by atoms with Crippen LogP contribution in [0, 0.1) is 6.92 Å². The van der Waals surface area contributed by atoms with Crippen LogP contribution < -0.4 is 14.4 Å². The molecule has 1 heterocycles. The molecule has 2 aromatic rings. The van der Waals surface area contributed by atoms with Crippen molar-refractivity contribution in [3.63, 3.8) is 0 Å². The Bertz CT molecular complexity index is 1010. The molecular weight excluding hydrogens is 380 g/mol. The van der Waals surface area contributed by atoms with E-state index in [0.717, 1.165) is 11.3 Å². The summed E-state index contributed by atoms with van der Waals surface area (Å²) in [4.78, 5) is 1.89. The van der Waals surface area contributed by atoms with Crippen LogP contribution in [0.15, 0.2) is 65.2 Å². The third kappa shape index (κ3) is 4.14. The summed E-state index contributed by atoms with van der Waals surface area (Å²) in [6, 6.07) is 13.5. The first-order chi connectivity index (χ1) is 12.6. The van der Waals surface area contributed by atoms with Crippen molar-refractivity contribution >= 4 is 33.1 Å². The Labute approximate surface area is 165 Å². The van der Waals surface area contributed by atoms with Crippen molar-refractivity contribution in [1.82, 2.24) is 5.32 Å². The highest BCUT2D eigenvalue weighted by Gasteiger charge is 2.30. The quantitative estimate of drug-likeness (QED) is 0.613. The predicted octanol–water partition coefficient (Wildman–Crippen LogP) is 4.14. The zero-order valence-electron chi connectivity index (χ0n) is 15.7. The Hall–Kier alpha value is -2.38. The molecule has 0 radical (unpaired) electrons. The Kier molecular flexibility index (Phi) is 5.01. The normalized spacial score (nSPS) is 16.5. The van der Waals surface area contributed by atoms with Gasteiger partial charge in [0.05, 0.1) is 11.2 Å². The van der Waals surface area contributed by atoms with E-state index in [1.165, 1.54) is 12.1 Å². The zero-order valence-corrected chi connectivity index (χ0v) is 17.3. The summed E-state index contributed by atoms with van der Waals surface area (Å²) in [7, 11) is -3.96. The minimum atomic E-state index is -3.96. The number of rotatable bonds is 4. The van der Waals surface area contributed by atoms with E-state index in [1.54, 1.807) is 35.2 Å². The number of benzene rings is 2. The summed E-state index contributed by atoms with van der Waals surface area (Å²) in [6.07, 6.45) is 2.04. The van der Waals surface area contributed by atoms with Crippen LogP contribution in [0.2, 0.25) is 0 Å². The molecule has 27 heavy (non-hydrogen) atoms. The van der Waals surface area contributed by atoms with Gasteiger partial charge >= 0.3 is 10.1 Å². The molecule has 2 aromatic carbocycles. The molecule has 0 amide bonds. The topological polar surface area (TPSA) is 58.6 Å². The molecule has 0 saturated carbocycles. The van der Waals surface area contributed by atoms with Crippen molar-refractivity contribution in [3.8, 4) is 5.75 Å². The molecule has 7 heteroatoms. The zero-order chi connectivity index (χ0) is 19.8. The van der Waals surface area contributed by atoms with E-state index in [1.807, 2.05) is 39.8 Å². The van der Waals surface area contributed by atoms with E-state index in [-0.39, 0.29) is 16.2 Å². The summed E-state index contributed by atoms with van der Waals surface area (Å²) < 4.78 is 30.9. The van der Waals surface area contributed by atoms with E-state index >= 15 is 0 Å². The molecule has 0 aliphatic carbocycles. The number of nitrogens with one attached hydrogen (secondary N) is 1. The van der Waals surface area contributed by atoms with Crippen LogP contribution in [-0.4, -0.2) is 19.1 Å². The van der Waals surface area contributed by atoms with Gasteiger partial charge in [-0.15, -0.1) is 0 Å². The fourth-order valence-electron chi connectivity index (χ4n) is 3.00. The number of anilines is 1. The number of aryl methyl sites for hydroxylation is 1. The lowest BCUT2D eigenvalue weighted by atomic mass is 10.0. The van der Waals surface area contributed by atoms with E-state index < -0.39 is 10.1 Å². The van der Waals surface area contributed by atoms with Gasteiger partial charge in [-0.3, -0.25) is 4.90 Å². The van der Waals surface area contributed by atoms with E-state index in [9.17, 15) is 8.42 Å². The fourth-order valence-corrected chi connectivity index (χ4v) is 4.45. The van der Waals surface area contributed by atoms with Gasteiger partial charge < -0.3 is 9.50 Å². The molecule has 1 N–H and O–H groups in total. The van der Waals surface area contributed by atoms with Gasteiger partial charge in [0, 0.05) is 5.70 Å². The molecule has 3 rings (SSSR count). The number of thiocarbonyl (C=S) groups is 1. The molecule has 0 atom stereocenters. The second-order valence-corrected chi connectivity index (χ2v) is 9.02. The summed E-state index contributed by atoms with van der Waals surface area (Å²) in [5, 5.41) is 3.73. The number of para-hydroxylation sites is 2. The summed E-state index contributed by atoms with van der Waals surface area (Å²) in [6.45, 7) is 7.86. The monoisotopic (exact) mass is 402 g/mol. The molecule has 0 spiro atoms. The van der Waals surface area contributed by atoms with Crippen LogP contribution in [0.3, 0.4) is 0 Å². The Morgan fingerprint density at radius 3 is 2.30 bits per heavy atom. The molecular formula is C20H22N2O3S2. The molecule has 0 fully saturated rings. The van der Waals surface area contributed by atoms with Crippen molar-refractivity contribution in [2.75, 3.05) is 4.90 Å². The van der Waals surface area contributed by atoms with Crippen LogP contribution in [0.25, 0.3) is 0 Å². The molecule has 0 saturated heterocycles. The molecule has 142 valence electrons. The minimum absolute atomic E-state index is 0.107. The SMILES string of the molecule is CC1=CC(C)(C)NC(=S)N1c1ccccc1OS(=O)(=O)c1ccc(C)cc1. The smallest absolute Gasteiger partial charge is 0.339 e. The van der Waals surface area contributed by atoms with Crippen molar-refractivity contribution in [3.05, 3.63) is 65.9 Å². The van der Waals surface area contributed by atoms with Gasteiger partial charge in [-0.25, -0.2) is 0 Å². The second-order valence-electron chi connectivity index (χ2n) is 7.09. The summed E-state index contributed by atoms with van der Waals surface area (Å²) in [5.74, 6) is 0.217. The molecule has 0 bridgehead atoms. The second kappa shape index (κ2) is 6.98. The first-order valence-corrected chi connectivity index (χ1v) is 10.3. The van der Waals surface area contributed by atoms with Gasteiger partial charge in [0.1, 0.15) is 4.90 Å². The maximum atomic E-state index is 12.7. The summed E-state index contributed by atoms with van der Waals surface area (Å²) >= 11 is 5.51. The van der Waals surface area contributed by atoms with Crippen molar-refractivity contribution in [2.24, 2.45) is 0 Å². The van der Waals surface area contributed by atoms with Gasteiger partial charge in [0.25, 0.3) is 0 Å². The van der Waals surface area contributed by atoms with Gasteiger partial charge in [-0.1, -0.05) is 29.8 Å². The third-order valence-corrected chi connectivity index (χ3v) is 5.70. The number of hydrogen-bond donors (Lipinski definition) is 1. The highest BCUT2D eigenvalue weighted by molar-refractivity contribution is 7.87. The van der Waals surface area contributed by atoms with Crippen LogP contribution in [0.5, 0.6) is 5.75 Å². The number of hydrogen-bond acceptors (Lipinski definition) is 4. The lowest BCUT2D eigenvalue weighted by Crippen LogP contribution is -2.53. The minimum Gasteiger partial charge on any atom is -0.377 e. The third-order valence-electron chi connectivity index (χ3n) is 4.17. The Morgan fingerprint density at radius 2 is 1.67 bits per heavy atom. The van der Waals surface area contributed by atoms with E-state index in [0.29, 0.717) is 10.8 Å². The van der Waals surface area contributed by atoms with Crippen LogP contribution >= 0.6 is 12.2 Å². The van der Waals surface area contributed by atoms with Crippen molar-refractivity contribution < 1.29 is 12.6 Å². The maximum absolute atomic E-state index is 12.7. The largest absolute Gasteiger partial charge is 0.377 e. The molecule has 1 aliphatic rings. The molecule has 0 aromatic heterocycles. The van der Waals surface area contributed by atoms with Crippen molar-refractivity contribution in [1.29, 1.82) is 0 Å². The molecule has 5 nitrogen and oxygen atoms in total. The molecule has 1 aliphatic heterocycles. The highest BCUT2D eigenvalue weighted by Crippen LogP contribution is 2.35. The van der Waals surface area contributed by atoms with Gasteiger partial charge in [0.2, 0.25) is 0 Å². The average molecular weight is 403 g/mol. The lowest BCUT2D eigenvalue weighted by molar-refractivity contribution is 0.486. The Morgan fingerprint density at radius 1 is 1.04 bits per heavy atom. The van der Waals surface area contributed by atoms with E-state index in [4.69, 9.17) is 16.4 Å². The van der Waals surface area contributed by atoms with Gasteiger partial charge in [-0.2, -0.15) is 8.42 Å². The van der Waals surface area contributed by atoms with Gasteiger partial charge in [-0.05, 0) is 70.3 Å². The highest BCUT2D eigenvalue weighted by atomic mass is 32.2. The van der Waals surface area contributed by atoms with Crippen LogP contribution in [-0.2, 0) is 10.1 Å². The lowest BCUT2D eigenvalue weighted by Gasteiger charge is -2.38. The summed E-state index contributed by atoms with van der Waals surface area (Å²) in [5.41, 5.74) is 2.16. The van der Waals surface area contributed by atoms with Crippen LogP contribution in [0.4, 0.5) is 5.69 Å². The van der Waals surface area contributed by atoms with Crippen LogP contribution in [0.1, 0.15) is 26.3 Å². The predicted molar refractivity (Wildman–Crippen MR) is 111 cm³/mol. The fraction of sp³-hybridized carbons (Fsp3) is 0.250. The molecule has 0 unspecified atom stereocenters. The average Bonchev–Trinajstić information content (AvgIpc) is 2.55. The van der Waals surface area contributed by atoms with E-state index in [2.05, 4.69) is 5.32 Å². The number of allylic oxidation sites excluding steroid dienone is 1.